The lowest BCUT2D eigenvalue weighted by molar-refractivity contribution is -0.123. The summed E-state index contributed by atoms with van der Waals surface area (Å²) in [5, 5.41) is 9.03. The van der Waals surface area contributed by atoms with Gasteiger partial charge in [-0.25, -0.2) is 0 Å². The molecule has 0 aromatic carbocycles. The van der Waals surface area contributed by atoms with Crippen LogP contribution in [0.1, 0.15) is 13.8 Å². The third-order valence-corrected chi connectivity index (χ3v) is 1.87. The summed E-state index contributed by atoms with van der Waals surface area (Å²) in [5.74, 6) is -0.0475. The molecule has 10 heavy (non-hydrogen) atoms. The van der Waals surface area contributed by atoms with E-state index in [0.717, 1.165) is 0 Å². The Kier molecular flexibility index (Phi) is 2.06. The lowest BCUT2D eigenvalue weighted by Crippen LogP contribution is -2.29. The van der Waals surface area contributed by atoms with Gasteiger partial charge in [0.1, 0.15) is 6.10 Å². The van der Waals surface area contributed by atoms with Gasteiger partial charge >= 0.3 is 0 Å². The van der Waals surface area contributed by atoms with Crippen molar-refractivity contribution in [2.75, 3.05) is 13.1 Å². The molecule has 1 aliphatic rings. The maximum absolute atomic E-state index is 10.8. The molecule has 0 aromatic rings. The smallest absolute Gasteiger partial charge is 0.176 e. The van der Waals surface area contributed by atoms with Gasteiger partial charge in [-0.3, -0.25) is 9.69 Å². The van der Waals surface area contributed by atoms with E-state index in [1.165, 1.54) is 0 Å². The fraction of sp³-hybridized carbons (Fsp3) is 0.857. The lowest BCUT2D eigenvalue weighted by Gasteiger charge is -2.17. The molecule has 0 spiro atoms. The molecule has 0 bridgehead atoms. The molecule has 1 rings (SSSR count). The highest BCUT2D eigenvalue weighted by Crippen LogP contribution is 2.08. The summed E-state index contributed by atoms with van der Waals surface area (Å²) in [6.45, 7) is 4.96. The molecule has 1 saturated heterocycles. The van der Waals surface area contributed by atoms with Gasteiger partial charge in [0.05, 0.1) is 6.54 Å². The van der Waals surface area contributed by atoms with Crippen molar-refractivity contribution in [3.63, 3.8) is 0 Å². The number of aliphatic hydroxyl groups is 1. The molecule has 0 radical (unpaired) electrons. The highest BCUT2D eigenvalue weighted by atomic mass is 16.3. The fourth-order valence-corrected chi connectivity index (χ4v) is 1.09. The first-order valence-corrected chi connectivity index (χ1v) is 3.56. The van der Waals surface area contributed by atoms with Crippen molar-refractivity contribution in [3.8, 4) is 0 Å². The standard InChI is InChI=1S/C7H13NO2/c1-5(2)8-3-6(9)7(10)4-8/h5-6,9H,3-4H2,1-2H3. The number of Topliss-reactive ketones (excluding diaryl/α,β-unsaturated/α-hetero) is 1. The van der Waals surface area contributed by atoms with E-state index < -0.39 is 6.10 Å². The number of carbonyl (C=O) groups is 1. The average Bonchev–Trinajstić information content (AvgIpc) is 2.13. The van der Waals surface area contributed by atoms with Gasteiger partial charge in [-0.1, -0.05) is 0 Å². The van der Waals surface area contributed by atoms with Crippen LogP contribution in [-0.4, -0.2) is 41.0 Å². The quantitative estimate of drug-likeness (QED) is 0.545. The third kappa shape index (κ3) is 1.36. The Morgan fingerprint density at radius 1 is 1.70 bits per heavy atom. The largest absolute Gasteiger partial charge is 0.384 e. The van der Waals surface area contributed by atoms with Gasteiger partial charge in [0.2, 0.25) is 0 Å². The van der Waals surface area contributed by atoms with E-state index in [4.69, 9.17) is 5.11 Å². The molecule has 0 amide bonds. The van der Waals surface area contributed by atoms with Gasteiger partial charge in [0, 0.05) is 12.6 Å². The SMILES string of the molecule is CC(C)N1CC(=O)C(O)C1. The number of likely N-dealkylation sites (tertiary alicyclic amines) is 1. The number of ketones is 1. The minimum atomic E-state index is -0.734. The summed E-state index contributed by atoms with van der Waals surface area (Å²) < 4.78 is 0. The zero-order valence-corrected chi connectivity index (χ0v) is 6.37. The van der Waals surface area contributed by atoms with Crippen LogP contribution in [-0.2, 0) is 4.79 Å². The van der Waals surface area contributed by atoms with Gasteiger partial charge in [0.15, 0.2) is 5.78 Å². The molecule has 1 heterocycles. The minimum Gasteiger partial charge on any atom is -0.384 e. The number of aliphatic hydroxyl groups excluding tert-OH is 1. The van der Waals surface area contributed by atoms with Crippen molar-refractivity contribution >= 4 is 5.78 Å². The van der Waals surface area contributed by atoms with Crippen LogP contribution in [0, 0.1) is 0 Å². The van der Waals surface area contributed by atoms with Crippen molar-refractivity contribution in [3.05, 3.63) is 0 Å². The maximum Gasteiger partial charge on any atom is 0.176 e. The van der Waals surface area contributed by atoms with E-state index in [2.05, 4.69) is 0 Å². The van der Waals surface area contributed by atoms with Crippen LogP contribution in [0.15, 0.2) is 0 Å². The maximum atomic E-state index is 10.8. The van der Waals surface area contributed by atoms with Crippen LogP contribution in [0.3, 0.4) is 0 Å². The van der Waals surface area contributed by atoms with Gasteiger partial charge in [-0.05, 0) is 13.8 Å². The molecule has 58 valence electrons. The molecule has 1 aliphatic heterocycles. The summed E-state index contributed by atoms with van der Waals surface area (Å²) in [6, 6.07) is 0.362. The van der Waals surface area contributed by atoms with Crippen LogP contribution in [0.25, 0.3) is 0 Å². The zero-order valence-electron chi connectivity index (χ0n) is 6.37. The molecule has 3 heteroatoms. The van der Waals surface area contributed by atoms with Crippen LogP contribution >= 0.6 is 0 Å². The molecule has 0 aromatic heterocycles. The summed E-state index contributed by atoms with van der Waals surface area (Å²) in [6.07, 6.45) is -0.734. The van der Waals surface area contributed by atoms with E-state index in [9.17, 15) is 4.79 Å². The molecule has 1 unspecified atom stereocenters. The van der Waals surface area contributed by atoms with Gasteiger partial charge < -0.3 is 5.11 Å². The zero-order chi connectivity index (χ0) is 7.72. The molecule has 0 aliphatic carbocycles. The second-order valence-electron chi connectivity index (χ2n) is 3.01. The summed E-state index contributed by atoms with van der Waals surface area (Å²) in [4.78, 5) is 12.8. The summed E-state index contributed by atoms with van der Waals surface area (Å²) >= 11 is 0. The van der Waals surface area contributed by atoms with Crippen molar-refractivity contribution < 1.29 is 9.90 Å². The van der Waals surface area contributed by atoms with E-state index >= 15 is 0 Å². The van der Waals surface area contributed by atoms with Crippen LogP contribution < -0.4 is 0 Å². The number of nitrogens with zero attached hydrogens (tertiary/aromatic N) is 1. The van der Waals surface area contributed by atoms with Crippen molar-refractivity contribution in [2.24, 2.45) is 0 Å². The molecule has 1 N–H and O–H groups in total. The average molecular weight is 143 g/mol. The van der Waals surface area contributed by atoms with Crippen LogP contribution in [0.2, 0.25) is 0 Å². The second-order valence-corrected chi connectivity index (χ2v) is 3.01. The Bertz CT molecular complexity index is 145. The Morgan fingerprint density at radius 2 is 2.30 bits per heavy atom. The van der Waals surface area contributed by atoms with E-state index in [-0.39, 0.29) is 5.78 Å². The van der Waals surface area contributed by atoms with Crippen molar-refractivity contribution in [1.82, 2.24) is 4.90 Å². The molecule has 1 fully saturated rings. The number of rotatable bonds is 1. The van der Waals surface area contributed by atoms with Crippen molar-refractivity contribution in [2.45, 2.75) is 26.0 Å². The second kappa shape index (κ2) is 2.68. The Balaban J connectivity index is 2.49. The number of hydrogen-bond donors (Lipinski definition) is 1. The molecular formula is C7H13NO2. The predicted molar refractivity (Wildman–Crippen MR) is 37.7 cm³/mol. The van der Waals surface area contributed by atoms with E-state index in [0.29, 0.717) is 19.1 Å². The van der Waals surface area contributed by atoms with E-state index in [1.807, 2.05) is 18.7 Å². The van der Waals surface area contributed by atoms with Crippen LogP contribution in [0.4, 0.5) is 0 Å². The van der Waals surface area contributed by atoms with Gasteiger partial charge in [0.25, 0.3) is 0 Å². The highest BCUT2D eigenvalue weighted by Gasteiger charge is 2.29. The predicted octanol–water partition coefficient (Wildman–Crippen LogP) is -0.360. The number of β-amino-alcohol motifs (C(OH)–C–C–N with tert-alkyl or cyclic N) is 1. The topological polar surface area (TPSA) is 40.5 Å². The number of hydrogen-bond acceptors (Lipinski definition) is 3. The van der Waals surface area contributed by atoms with Crippen LogP contribution in [0.5, 0.6) is 0 Å². The monoisotopic (exact) mass is 143 g/mol. The van der Waals surface area contributed by atoms with Crippen molar-refractivity contribution in [1.29, 1.82) is 0 Å². The number of carbonyl (C=O) groups excluding carboxylic acids is 1. The Labute approximate surface area is 60.6 Å². The minimum absolute atomic E-state index is 0.0475. The summed E-state index contributed by atoms with van der Waals surface area (Å²) in [7, 11) is 0. The third-order valence-electron chi connectivity index (χ3n) is 1.87. The molecule has 1 atom stereocenters. The summed E-state index contributed by atoms with van der Waals surface area (Å²) in [5.41, 5.74) is 0. The van der Waals surface area contributed by atoms with E-state index in [1.54, 1.807) is 0 Å². The van der Waals surface area contributed by atoms with Gasteiger partial charge in [-0.15, -0.1) is 0 Å². The Hall–Kier alpha value is -0.410. The highest BCUT2D eigenvalue weighted by molar-refractivity contribution is 5.87. The molecule has 3 nitrogen and oxygen atoms in total. The first-order valence-electron chi connectivity index (χ1n) is 3.56. The van der Waals surface area contributed by atoms with Gasteiger partial charge in [-0.2, -0.15) is 0 Å². The molecular weight excluding hydrogens is 130 g/mol. The normalized spacial score (nSPS) is 28.4. The molecule has 0 saturated carbocycles. The first kappa shape index (κ1) is 7.69. The first-order chi connectivity index (χ1) is 4.61. The lowest BCUT2D eigenvalue weighted by atomic mass is 10.3. The Morgan fingerprint density at radius 3 is 2.50 bits per heavy atom. The fourth-order valence-electron chi connectivity index (χ4n) is 1.09.